The van der Waals surface area contributed by atoms with Crippen LogP contribution in [0.5, 0.6) is 0 Å². The topological polar surface area (TPSA) is 81.1 Å². The van der Waals surface area contributed by atoms with Crippen molar-refractivity contribution in [1.82, 2.24) is 0 Å². The number of halogens is 2. The molecular formula is C13H11BrFN3O. The number of anilines is 3. The molecule has 0 unspecified atom stereocenters. The average Bonchev–Trinajstić information content (AvgIpc) is 2.36. The van der Waals surface area contributed by atoms with Gasteiger partial charge in [-0.1, -0.05) is 6.07 Å². The zero-order valence-corrected chi connectivity index (χ0v) is 11.4. The summed E-state index contributed by atoms with van der Waals surface area (Å²) in [6.07, 6.45) is 0. The van der Waals surface area contributed by atoms with Gasteiger partial charge in [0.25, 0.3) is 5.91 Å². The average molecular weight is 324 g/mol. The van der Waals surface area contributed by atoms with Crippen LogP contribution in [0.15, 0.2) is 40.9 Å². The van der Waals surface area contributed by atoms with Crippen LogP contribution < -0.4 is 16.8 Å². The number of para-hydroxylation sites is 1. The molecule has 98 valence electrons. The van der Waals surface area contributed by atoms with E-state index in [1.54, 1.807) is 24.3 Å². The molecule has 0 spiro atoms. The number of carbonyl (C=O) groups excluding carboxylic acids is 1. The van der Waals surface area contributed by atoms with Crippen molar-refractivity contribution < 1.29 is 9.18 Å². The lowest BCUT2D eigenvalue weighted by Gasteiger charge is -2.11. The molecule has 1 amide bonds. The van der Waals surface area contributed by atoms with Crippen molar-refractivity contribution in [3.8, 4) is 0 Å². The second-order valence-electron chi connectivity index (χ2n) is 3.88. The molecule has 0 aliphatic heterocycles. The monoisotopic (exact) mass is 323 g/mol. The second kappa shape index (κ2) is 5.27. The summed E-state index contributed by atoms with van der Waals surface area (Å²) in [6, 6.07) is 9.44. The van der Waals surface area contributed by atoms with Crippen LogP contribution in [0.25, 0.3) is 0 Å². The van der Waals surface area contributed by atoms with Gasteiger partial charge in [0.1, 0.15) is 5.82 Å². The largest absolute Gasteiger partial charge is 0.396 e. The Morgan fingerprint density at radius 2 is 2.00 bits per heavy atom. The van der Waals surface area contributed by atoms with Crippen molar-refractivity contribution in [2.24, 2.45) is 5.73 Å². The van der Waals surface area contributed by atoms with Crippen molar-refractivity contribution in [1.29, 1.82) is 0 Å². The number of rotatable bonds is 3. The SMILES string of the molecule is NC(=O)c1cccc(Nc2ccc(Br)c(F)c2)c1N. The standard InChI is InChI=1S/C13H11BrFN3O/c14-9-5-4-7(6-10(9)15)18-11-3-1-2-8(12(11)16)13(17)19/h1-6,18H,16H2,(H2,17,19). The molecule has 0 radical (unpaired) electrons. The van der Waals surface area contributed by atoms with E-state index in [0.29, 0.717) is 15.8 Å². The van der Waals surface area contributed by atoms with Gasteiger partial charge in [0.2, 0.25) is 0 Å². The quantitative estimate of drug-likeness (QED) is 0.759. The van der Waals surface area contributed by atoms with Gasteiger partial charge in [-0.15, -0.1) is 0 Å². The van der Waals surface area contributed by atoms with E-state index < -0.39 is 11.7 Å². The maximum atomic E-state index is 13.4. The first-order valence-electron chi connectivity index (χ1n) is 5.39. The van der Waals surface area contributed by atoms with E-state index in [-0.39, 0.29) is 11.3 Å². The summed E-state index contributed by atoms with van der Waals surface area (Å²) in [4.78, 5) is 11.2. The van der Waals surface area contributed by atoms with Gasteiger partial charge in [0.15, 0.2) is 0 Å². The maximum absolute atomic E-state index is 13.4. The lowest BCUT2D eigenvalue weighted by Crippen LogP contribution is -2.14. The van der Waals surface area contributed by atoms with Crippen molar-refractivity contribution in [2.45, 2.75) is 0 Å². The van der Waals surface area contributed by atoms with Crippen LogP contribution in [0.4, 0.5) is 21.5 Å². The number of nitrogens with one attached hydrogen (secondary N) is 1. The predicted octanol–water partition coefficient (Wildman–Crippen LogP) is 3.01. The summed E-state index contributed by atoms with van der Waals surface area (Å²) in [5, 5.41) is 2.94. The minimum absolute atomic E-state index is 0.225. The van der Waals surface area contributed by atoms with Crippen LogP contribution >= 0.6 is 15.9 Å². The smallest absolute Gasteiger partial charge is 0.250 e. The molecule has 2 rings (SSSR count). The van der Waals surface area contributed by atoms with Crippen molar-refractivity contribution in [3.63, 3.8) is 0 Å². The number of carbonyl (C=O) groups is 1. The molecule has 0 aromatic heterocycles. The summed E-state index contributed by atoms with van der Waals surface area (Å²) in [5.41, 5.74) is 12.5. The molecule has 5 N–H and O–H groups in total. The van der Waals surface area contributed by atoms with Gasteiger partial charge < -0.3 is 16.8 Å². The van der Waals surface area contributed by atoms with E-state index in [1.807, 2.05) is 0 Å². The third kappa shape index (κ3) is 2.85. The minimum Gasteiger partial charge on any atom is -0.396 e. The molecule has 4 nitrogen and oxygen atoms in total. The molecule has 0 saturated heterocycles. The lowest BCUT2D eigenvalue weighted by molar-refractivity contribution is 0.100. The molecule has 2 aromatic rings. The summed E-state index contributed by atoms with van der Waals surface area (Å²) in [5.74, 6) is -1.00. The fraction of sp³-hybridized carbons (Fsp3) is 0. The van der Waals surface area contributed by atoms with E-state index >= 15 is 0 Å². The molecule has 0 atom stereocenters. The van der Waals surface area contributed by atoms with Crippen LogP contribution in [0.2, 0.25) is 0 Å². The first kappa shape index (κ1) is 13.4. The molecule has 0 bridgehead atoms. The Hall–Kier alpha value is -2.08. The number of nitrogens with two attached hydrogens (primary N) is 2. The first-order valence-corrected chi connectivity index (χ1v) is 6.18. The van der Waals surface area contributed by atoms with Crippen LogP contribution in [-0.4, -0.2) is 5.91 Å². The van der Waals surface area contributed by atoms with E-state index in [0.717, 1.165) is 0 Å². The van der Waals surface area contributed by atoms with E-state index in [2.05, 4.69) is 21.2 Å². The molecule has 0 aliphatic carbocycles. The number of hydrogen-bond donors (Lipinski definition) is 3. The second-order valence-corrected chi connectivity index (χ2v) is 4.74. The highest BCUT2D eigenvalue weighted by molar-refractivity contribution is 9.10. The maximum Gasteiger partial charge on any atom is 0.250 e. The zero-order valence-electron chi connectivity index (χ0n) is 9.78. The number of benzene rings is 2. The Bertz CT molecular complexity index is 646. The van der Waals surface area contributed by atoms with Crippen molar-refractivity contribution >= 4 is 38.9 Å². The Kier molecular flexibility index (Phi) is 3.71. The molecule has 19 heavy (non-hydrogen) atoms. The van der Waals surface area contributed by atoms with Gasteiger partial charge in [0, 0.05) is 5.69 Å². The Morgan fingerprint density at radius 1 is 1.26 bits per heavy atom. The van der Waals surface area contributed by atoms with Crippen LogP contribution in [0, 0.1) is 5.82 Å². The molecule has 0 aliphatic rings. The third-order valence-corrected chi connectivity index (χ3v) is 3.21. The van der Waals surface area contributed by atoms with Crippen LogP contribution in [0.3, 0.4) is 0 Å². The van der Waals surface area contributed by atoms with Gasteiger partial charge in [-0.05, 0) is 46.3 Å². The highest BCUT2D eigenvalue weighted by atomic mass is 79.9. The number of nitrogen functional groups attached to an aromatic ring is 1. The fourth-order valence-corrected chi connectivity index (χ4v) is 1.87. The summed E-state index contributed by atoms with van der Waals surface area (Å²) in [6.45, 7) is 0. The van der Waals surface area contributed by atoms with Crippen LogP contribution in [-0.2, 0) is 0 Å². The number of primary amides is 1. The third-order valence-electron chi connectivity index (χ3n) is 2.57. The van der Waals surface area contributed by atoms with E-state index in [9.17, 15) is 9.18 Å². The lowest BCUT2D eigenvalue weighted by atomic mass is 10.1. The number of hydrogen-bond acceptors (Lipinski definition) is 3. The molecule has 0 heterocycles. The Labute approximate surface area is 117 Å². The van der Waals surface area contributed by atoms with Crippen molar-refractivity contribution in [2.75, 3.05) is 11.1 Å². The van der Waals surface area contributed by atoms with E-state index in [1.165, 1.54) is 12.1 Å². The summed E-state index contributed by atoms with van der Waals surface area (Å²) < 4.78 is 13.8. The van der Waals surface area contributed by atoms with Gasteiger partial charge in [-0.25, -0.2) is 4.39 Å². The Morgan fingerprint density at radius 3 is 2.63 bits per heavy atom. The Balaban J connectivity index is 2.35. The molecule has 6 heteroatoms. The fourth-order valence-electron chi connectivity index (χ4n) is 1.62. The molecule has 0 fully saturated rings. The summed E-state index contributed by atoms with van der Waals surface area (Å²) in [7, 11) is 0. The highest BCUT2D eigenvalue weighted by Crippen LogP contribution is 2.27. The first-order chi connectivity index (χ1) is 8.99. The van der Waals surface area contributed by atoms with E-state index in [4.69, 9.17) is 11.5 Å². The molecular weight excluding hydrogens is 313 g/mol. The highest BCUT2D eigenvalue weighted by Gasteiger charge is 2.10. The normalized spacial score (nSPS) is 10.2. The summed E-state index contributed by atoms with van der Waals surface area (Å²) >= 11 is 3.07. The van der Waals surface area contributed by atoms with Gasteiger partial charge in [-0.3, -0.25) is 4.79 Å². The van der Waals surface area contributed by atoms with Crippen LogP contribution in [0.1, 0.15) is 10.4 Å². The predicted molar refractivity (Wildman–Crippen MR) is 76.8 cm³/mol. The van der Waals surface area contributed by atoms with Gasteiger partial charge in [-0.2, -0.15) is 0 Å². The number of amides is 1. The van der Waals surface area contributed by atoms with Gasteiger partial charge >= 0.3 is 0 Å². The molecule has 0 saturated carbocycles. The minimum atomic E-state index is -0.608. The van der Waals surface area contributed by atoms with Crippen molar-refractivity contribution in [3.05, 3.63) is 52.3 Å². The zero-order chi connectivity index (χ0) is 14.0. The van der Waals surface area contributed by atoms with Gasteiger partial charge in [0.05, 0.1) is 21.4 Å². The molecule has 2 aromatic carbocycles.